The molecule has 0 heterocycles. The first kappa shape index (κ1) is 14.4. The van der Waals surface area contributed by atoms with Gasteiger partial charge < -0.3 is 9.84 Å². The van der Waals surface area contributed by atoms with Gasteiger partial charge in [0.05, 0.1) is 11.7 Å². The van der Waals surface area contributed by atoms with Crippen molar-refractivity contribution in [3.05, 3.63) is 29.8 Å². The molecule has 19 heavy (non-hydrogen) atoms. The predicted octanol–water partition coefficient (Wildman–Crippen LogP) is 4.12. The quantitative estimate of drug-likeness (QED) is 0.888. The van der Waals surface area contributed by atoms with Crippen LogP contribution in [0.3, 0.4) is 0 Å². The molecule has 3 atom stereocenters. The molecule has 1 saturated carbocycles. The molecule has 1 fully saturated rings. The molecule has 2 rings (SSSR count). The minimum atomic E-state index is -0.700. The van der Waals surface area contributed by atoms with Gasteiger partial charge in [-0.2, -0.15) is 0 Å². The Labute approximate surface area is 116 Å². The van der Waals surface area contributed by atoms with Gasteiger partial charge in [0.2, 0.25) is 0 Å². The summed E-state index contributed by atoms with van der Waals surface area (Å²) < 4.78 is 5.74. The van der Waals surface area contributed by atoms with Gasteiger partial charge in [-0.3, -0.25) is 0 Å². The lowest BCUT2D eigenvalue weighted by Crippen LogP contribution is -2.40. The summed E-state index contributed by atoms with van der Waals surface area (Å²) in [6, 6.07) is 7.98. The highest BCUT2D eigenvalue weighted by atomic mass is 16.5. The molecule has 0 saturated heterocycles. The van der Waals surface area contributed by atoms with Crippen molar-refractivity contribution in [2.24, 2.45) is 11.8 Å². The fraction of sp³-hybridized carbons (Fsp3) is 0.647. The van der Waals surface area contributed by atoms with Crippen molar-refractivity contribution < 1.29 is 9.84 Å². The Bertz CT molecular complexity index is 427. The van der Waals surface area contributed by atoms with Crippen molar-refractivity contribution >= 4 is 0 Å². The largest absolute Gasteiger partial charge is 0.491 e. The second-order valence-electron chi connectivity index (χ2n) is 6.28. The van der Waals surface area contributed by atoms with Crippen LogP contribution in [-0.2, 0) is 5.60 Å². The van der Waals surface area contributed by atoms with E-state index in [9.17, 15) is 5.11 Å². The number of hydrogen-bond acceptors (Lipinski definition) is 2. The Morgan fingerprint density at radius 1 is 1.32 bits per heavy atom. The molecule has 0 bridgehead atoms. The summed E-state index contributed by atoms with van der Waals surface area (Å²) >= 11 is 0. The van der Waals surface area contributed by atoms with Crippen LogP contribution < -0.4 is 4.74 Å². The molecule has 1 aliphatic carbocycles. The first-order valence-electron chi connectivity index (χ1n) is 7.43. The Morgan fingerprint density at radius 2 is 2.05 bits per heavy atom. The average Bonchev–Trinajstić information content (AvgIpc) is 2.35. The monoisotopic (exact) mass is 262 g/mol. The second-order valence-corrected chi connectivity index (χ2v) is 6.28. The summed E-state index contributed by atoms with van der Waals surface area (Å²) in [6.07, 6.45) is 3.32. The molecule has 1 aromatic carbocycles. The minimum Gasteiger partial charge on any atom is -0.491 e. The zero-order valence-corrected chi connectivity index (χ0v) is 12.5. The predicted molar refractivity (Wildman–Crippen MR) is 78.3 cm³/mol. The fourth-order valence-corrected chi connectivity index (χ4v) is 3.16. The summed E-state index contributed by atoms with van der Waals surface area (Å²) in [6.45, 7) is 8.45. The molecule has 0 radical (unpaired) electrons. The molecule has 106 valence electrons. The molecule has 3 unspecified atom stereocenters. The molecule has 0 amide bonds. The average molecular weight is 262 g/mol. The van der Waals surface area contributed by atoms with Gasteiger partial charge in [-0.25, -0.2) is 0 Å². The normalized spacial score (nSPS) is 31.5. The van der Waals surface area contributed by atoms with Crippen molar-refractivity contribution in [2.75, 3.05) is 0 Å². The van der Waals surface area contributed by atoms with Gasteiger partial charge in [0.25, 0.3) is 0 Å². The number of hydrogen-bond donors (Lipinski definition) is 1. The number of ether oxygens (including phenoxy) is 1. The van der Waals surface area contributed by atoms with Crippen LogP contribution >= 0.6 is 0 Å². The highest BCUT2D eigenvalue weighted by Gasteiger charge is 2.41. The van der Waals surface area contributed by atoms with Crippen LogP contribution in [0.15, 0.2) is 24.3 Å². The molecule has 0 spiro atoms. The Kier molecular flexibility index (Phi) is 4.19. The number of benzene rings is 1. The lowest BCUT2D eigenvalue weighted by molar-refractivity contribution is -0.0690. The summed E-state index contributed by atoms with van der Waals surface area (Å²) in [5.41, 5.74) is 0.304. The van der Waals surface area contributed by atoms with E-state index >= 15 is 0 Å². The zero-order valence-electron chi connectivity index (χ0n) is 12.5. The van der Waals surface area contributed by atoms with Crippen molar-refractivity contribution in [3.8, 4) is 5.75 Å². The van der Waals surface area contributed by atoms with Crippen LogP contribution in [0, 0.1) is 11.8 Å². The third kappa shape index (κ3) is 2.94. The van der Waals surface area contributed by atoms with Gasteiger partial charge in [-0.05, 0) is 56.2 Å². The topological polar surface area (TPSA) is 29.5 Å². The Morgan fingerprint density at radius 3 is 2.74 bits per heavy atom. The summed E-state index contributed by atoms with van der Waals surface area (Å²) in [5, 5.41) is 11.1. The van der Waals surface area contributed by atoms with E-state index in [-0.39, 0.29) is 12.0 Å². The maximum Gasteiger partial charge on any atom is 0.120 e. The molecule has 2 nitrogen and oxygen atoms in total. The van der Waals surface area contributed by atoms with E-state index in [0.717, 1.165) is 24.2 Å². The van der Waals surface area contributed by atoms with E-state index in [0.29, 0.717) is 5.92 Å². The van der Waals surface area contributed by atoms with E-state index in [1.165, 1.54) is 6.42 Å². The maximum atomic E-state index is 11.1. The number of aliphatic hydroxyl groups is 1. The zero-order chi connectivity index (χ0) is 14.0. The van der Waals surface area contributed by atoms with Crippen LogP contribution in [-0.4, -0.2) is 11.2 Å². The molecular weight excluding hydrogens is 236 g/mol. The lowest BCUT2D eigenvalue weighted by atomic mass is 9.67. The molecule has 1 aliphatic rings. The second kappa shape index (κ2) is 5.54. The highest BCUT2D eigenvalue weighted by molar-refractivity contribution is 5.33. The van der Waals surface area contributed by atoms with E-state index in [1.807, 2.05) is 38.1 Å². The van der Waals surface area contributed by atoms with Crippen molar-refractivity contribution in [2.45, 2.75) is 58.7 Å². The van der Waals surface area contributed by atoms with E-state index in [4.69, 9.17) is 4.74 Å². The first-order valence-corrected chi connectivity index (χ1v) is 7.43. The van der Waals surface area contributed by atoms with E-state index in [1.54, 1.807) is 0 Å². The van der Waals surface area contributed by atoms with Gasteiger partial charge in [-0.1, -0.05) is 32.4 Å². The van der Waals surface area contributed by atoms with Gasteiger partial charge in [0.1, 0.15) is 5.75 Å². The van der Waals surface area contributed by atoms with Gasteiger partial charge in [0, 0.05) is 0 Å². The smallest absolute Gasteiger partial charge is 0.120 e. The van der Waals surface area contributed by atoms with Crippen LogP contribution in [0.2, 0.25) is 0 Å². The third-order valence-corrected chi connectivity index (χ3v) is 4.53. The summed E-state index contributed by atoms with van der Waals surface area (Å²) in [4.78, 5) is 0. The molecule has 0 aliphatic heterocycles. The van der Waals surface area contributed by atoms with Crippen molar-refractivity contribution in [3.63, 3.8) is 0 Å². The minimum absolute atomic E-state index is 0.160. The third-order valence-electron chi connectivity index (χ3n) is 4.53. The summed E-state index contributed by atoms with van der Waals surface area (Å²) in [5.74, 6) is 1.70. The fourth-order valence-electron chi connectivity index (χ4n) is 3.16. The van der Waals surface area contributed by atoms with Gasteiger partial charge >= 0.3 is 0 Å². The SMILES string of the molecule is CC(C)Oc1cccc(C2(O)CCCC(C)C2C)c1. The Balaban J connectivity index is 2.29. The molecular formula is C17H26O2. The highest BCUT2D eigenvalue weighted by Crippen LogP contribution is 2.44. The van der Waals surface area contributed by atoms with E-state index < -0.39 is 5.60 Å². The van der Waals surface area contributed by atoms with Crippen molar-refractivity contribution in [1.29, 1.82) is 0 Å². The van der Waals surface area contributed by atoms with Crippen LogP contribution in [0.4, 0.5) is 0 Å². The molecule has 1 N–H and O–H groups in total. The molecule has 1 aromatic rings. The van der Waals surface area contributed by atoms with Gasteiger partial charge in [-0.15, -0.1) is 0 Å². The van der Waals surface area contributed by atoms with Crippen LogP contribution in [0.1, 0.15) is 52.5 Å². The Hall–Kier alpha value is -1.02. The van der Waals surface area contributed by atoms with Crippen LogP contribution in [0.25, 0.3) is 0 Å². The molecule has 2 heteroatoms. The van der Waals surface area contributed by atoms with E-state index in [2.05, 4.69) is 13.8 Å². The molecule has 0 aromatic heterocycles. The first-order chi connectivity index (χ1) is 8.93. The van der Waals surface area contributed by atoms with Crippen LogP contribution in [0.5, 0.6) is 5.75 Å². The van der Waals surface area contributed by atoms with Gasteiger partial charge in [0.15, 0.2) is 0 Å². The van der Waals surface area contributed by atoms with Crippen molar-refractivity contribution in [1.82, 2.24) is 0 Å². The summed E-state index contributed by atoms with van der Waals surface area (Å²) in [7, 11) is 0. The number of rotatable bonds is 3. The maximum absolute atomic E-state index is 11.1. The lowest BCUT2D eigenvalue weighted by Gasteiger charge is -2.42. The standard InChI is InChI=1S/C17H26O2/c1-12(2)19-16-9-5-8-15(11-16)17(18)10-6-7-13(3)14(17)4/h5,8-9,11-14,18H,6-7,10H2,1-4H3.